The van der Waals surface area contributed by atoms with Gasteiger partial charge in [-0.25, -0.2) is 0 Å². The summed E-state index contributed by atoms with van der Waals surface area (Å²) in [5.41, 5.74) is 0.657. The average Bonchev–Trinajstić information content (AvgIpc) is 3.61. The second kappa shape index (κ2) is 9.88. The van der Waals surface area contributed by atoms with E-state index in [-0.39, 0.29) is 47.3 Å². The molecule has 3 aliphatic rings. The molecule has 36 heavy (non-hydrogen) atoms. The smallest absolute Gasteiger partial charge is 0.387 e. The van der Waals surface area contributed by atoms with Crippen LogP contribution in [0, 0.1) is 29.1 Å². The minimum atomic E-state index is -3.00. The predicted octanol–water partition coefficient (Wildman–Crippen LogP) is 3.78. The summed E-state index contributed by atoms with van der Waals surface area (Å²) in [7, 11) is 0. The van der Waals surface area contributed by atoms with Crippen molar-refractivity contribution in [3.8, 4) is 11.8 Å². The molecular weight excluding hydrogens is 470 g/mol. The number of nitrogens with one attached hydrogen (secondary N) is 2. The van der Waals surface area contributed by atoms with Crippen LogP contribution in [-0.2, 0) is 9.59 Å². The van der Waals surface area contributed by atoms with Gasteiger partial charge < -0.3 is 19.9 Å². The van der Waals surface area contributed by atoms with E-state index >= 15 is 0 Å². The molecule has 5 atom stereocenters. The van der Waals surface area contributed by atoms with Crippen LogP contribution in [0.4, 0.5) is 8.78 Å². The number of rotatable bonds is 7. The maximum Gasteiger partial charge on any atom is 0.387 e. The third kappa shape index (κ3) is 4.54. The first-order valence-corrected chi connectivity index (χ1v) is 12.5. The van der Waals surface area contributed by atoms with Crippen LogP contribution in [0.25, 0.3) is 10.9 Å². The Morgan fingerprint density at radius 3 is 2.81 bits per heavy atom. The summed E-state index contributed by atoms with van der Waals surface area (Å²) in [6.45, 7) is -2.58. The highest BCUT2D eigenvalue weighted by Gasteiger charge is 2.50. The van der Waals surface area contributed by atoms with Crippen LogP contribution in [0.5, 0.6) is 5.75 Å². The molecular formula is C26H28F2N4O4. The first kappa shape index (κ1) is 24.2. The number of nitrogens with zero attached hydrogens (tertiary/aromatic N) is 2. The van der Waals surface area contributed by atoms with Gasteiger partial charge in [-0.2, -0.15) is 14.0 Å². The Balaban J connectivity index is 1.37. The monoisotopic (exact) mass is 498 g/mol. The quantitative estimate of drug-likeness (QED) is 0.603. The summed E-state index contributed by atoms with van der Waals surface area (Å²) < 4.78 is 30.2. The molecule has 2 N–H and O–H groups in total. The fraction of sp³-hybridized carbons (Fsp3) is 0.538. The number of carbonyl (C=O) groups is 3. The molecule has 0 spiro atoms. The summed E-state index contributed by atoms with van der Waals surface area (Å²) in [6, 6.07) is 6.67. The highest BCUT2D eigenvalue weighted by Crippen LogP contribution is 2.43. The van der Waals surface area contributed by atoms with E-state index in [9.17, 15) is 28.4 Å². The molecule has 2 saturated carbocycles. The lowest BCUT2D eigenvalue weighted by Gasteiger charge is -2.28. The number of likely N-dealkylation sites (tertiary alicyclic amines) is 1. The van der Waals surface area contributed by atoms with Crippen LogP contribution in [0.1, 0.15) is 55.4 Å². The lowest BCUT2D eigenvalue weighted by molar-refractivity contribution is -0.127. The highest BCUT2D eigenvalue weighted by molar-refractivity contribution is 6.02. The Bertz CT molecular complexity index is 1220. The van der Waals surface area contributed by atoms with Gasteiger partial charge in [-0.3, -0.25) is 14.4 Å². The van der Waals surface area contributed by atoms with Crippen LogP contribution in [0.2, 0.25) is 0 Å². The molecule has 2 aromatic rings. The molecule has 0 bridgehead atoms. The maximum atomic E-state index is 13.6. The van der Waals surface area contributed by atoms with E-state index in [0.29, 0.717) is 23.9 Å². The summed E-state index contributed by atoms with van der Waals surface area (Å²) in [6.07, 6.45) is 5.02. The van der Waals surface area contributed by atoms with Gasteiger partial charge in [-0.1, -0.05) is 12.5 Å². The Labute approximate surface area is 207 Å². The summed E-state index contributed by atoms with van der Waals surface area (Å²) in [5, 5.41) is 12.8. The van der Waals surface area contributed by atoms with Gasteiger partial charge in [0.05, 0.1) is 6.07 Å². The second-order valence-corrected chi connectivity index (χ2v) is 10.0. The first-order valence-electron chi connectivity index (χ1n) is 12.5. The third-order valence-corrected chi connectivity index (χ3v) is 7.91. The van der Waals surface area contributed by atoms with Gasteiger partial charge in [0, 0.05) is 29.8 Å². The number of ether oxygens (including phenoxy) is 1. The second-order valence-electron chi connectivity index (χ2n) is 10.0. The van der Waals surface area contributed by atoms with Crippen molar-refractivity contribution in [3.63, 3.8) is 0 Å². The van der Waals surface area contributed by atoms with Gasteiger partial charge in [-0.15, -0.1) is 0 Å². The standard InChI is InChI=1S/C26H28F2N4O4/c27-26(28)36-22-9-3-7-19-18(22)11-20(31-19)25(35)32-13-15-5-1-6-17(15)23(32)24(34)30-16(12-29)10-14-4-2-8-21(14)33/h3,7,9,11,14-17,23,26,31H,1-2,4-6,8,10,13H2,(H,30,34)/t14-,15-,16-,17-,23-/m0/s1. The van der Waals surface area contributed by atoms with Crippen LogP contribution in [0.3, 0.4) is 0 Å². The normalized spacial score (nSPS) is 26.3. The molecule has 3 fully saturated rings. The fourth-order valence-electron chi connectivity index (χ4n) is 6.27. The molecule has 1 aromatic heterocycles. The number of hydrogen-bond donors (Lipinski definition) is 2. The van der Waals surface area contributed by atoms with E-state index in [0.717, 1.165) is 32.1 Å². The number of halogens is 2. The number of aromatic nitrogens is 1. The van der Waals surface area contributed by atoms with Crippen LogP contribution in [-0.4, -0.2) is 52.7 Å². The van der Waals surface area contributed by atoms with Crippen LogP contribution in [0.15, 0.2) is 24.3 Å². The maximum absolute atomic E-state index is 13.6. The van der Waals surface area contributed by atoms with E-state index in [1.54, 1.807) is 12.1 Å². The zero-order valence-electron chi connectivity index (χ0n) is 19.7. The van der Waals surface area contributed by atoms with Gasteiger partial charge >= 0.3 is 6.61 Å². The molecule has 190 valence electrons. The van der Waals surface area contributed by atoms with E-state index in [2.05, 4.69) is 21.1 Å². The number of aromatic amines is 1. The van der Waals surface area contributed by atoms with Crippen molar-refractivity contribution in [1.29, 1.82) is 5.26 Å². The third-order valence-electron chi connectivity index (χ3n) is 7.91. The van der Waals surface area contributed by atoms with Crippen molar-refractivity contribution in [1.82, 2.24) is 15.2 Å². The number of hydrogen-bond acceptors (Lipinski definition) is 5. The largest absolute Gasteiger partial charge is 0.434 e. The van der Waals surface area contributed by atoms with Crippen molar-refractivity contribution in [2.45, 2.75) is 63.6 Å². The van der Waals surface area contributed by atoms with Gasteiger partial charge in [0.1, 0.15) is 29.3 Å². The minimum absolute atomic E-state index is 0.0106. The van der Waals surface area contributed by atoms with Gasteiger partial charge in [-0.05, 0) is 62.1 Å². The molecule has 0 unspecified atom stereocenters. The van der Waals surface area contributed by atoms with Gasteiger partial charge in [0.15, 0.2) is 0 Å². The number of amides is 2. The molecule has 8 nitrogen and oxygen atoms in total. The molecule has 2 aliphatic carbocycles. The van der Waals surface area contributed by atoms with E-state index in [1.165, 1.54) is 17.0 Å². The number of ketones is 1. The minimum Gasteiger partial charge on any atom is -0.434 e. The lowest BCUT2D eigenvalue weighted by atomic mass is 9.92. The zero-order chi connectivity index (χ0) is 25.4. The number of benzene rings is 1. The first-order chi connectivity index (χ1) is 17.4. The fourth-order valence-corrected chi connectivity index (χ4v) is 6.27. The average molecular weight is 499 g/mol. The van der Waals surface area contributed by atoms with Crippen LogP contribution >= 0.6 is 0 Å². The highest BCUT2D eigenvalue weighted by atomic mass is 19.3. The molecule has 10 heteroatoms. The van der Waals surface area contributed by atoms with Gasteiger partial charge in [0.2, 0.25) is 5.91 Å². The van der Waals surface area contributed by atoms with Crippen LogP contribution < -0.4 is 10.1 Å². The summed E-state index contributed by atoms with van der Waals surface area (Å²) >= 11 is 0. The number of fused-ring (bicyclic) bond motifs is 2. The SMILES string of the molecule is N#C[C@H](C[C@@H]1CCCC1=O)NC(=O)[C@@H]1[C@H]2CCC[C@H]2CN1C(=O)c1cc2c(OC(F)F)cccc2[nH]1. The molecule has 2 heterocycles. The Hall–Kier alpha value is -3.48. The molecule has 1 aromatic carbocycles. The number of Topliss-reactive ketones (excluding diaryl/α,β-unsaturated/α-hetero) is 1. The summed E-state index contributed by atoms with van der Waals surface area (Å²) in [5.74, 6) is -0.731. The number of H-pyrrole nitrogens is 1. The van der Waals surface area contributed by atoms with Crippen molar-refractivity contribution in [3.05, 3.63) is 30.0 Å². The number of alkyl halides is 2. The van der Waals surface area contributed by atoms with Crippen molar-refractivity contribution in [2.75, 3.05) is 6.54 Å². The van der Waals surface area contributed by atoms with Gasteiger partial charge in [0.25, 0.3) is 5.91 Å². The summed E-state index contributed by atoms with van der Waals surface area (Å²) in [4.78, 5) is 43.6. The van der Waals surface area contributed by atoms with E-state index < -0.39 is 24.6 Å². The molecule has 1 aliphatic heterocycles. The molecule has 1 saturated heterocycles. The predicted molar refractivity (Wildman–Crippen MR) is 125 cm³/mol. The van der Waals surface area contributed by atoms with Crippen molar-refractivity contribution >= 4 is 28.5 Å². The number of nitriles is 1. The van der Waals surface area contributed by atoms with E-state index in [1.807, 2.05) is 0 Å². The van der Waals surface area contributed by atoms with E-state index in [4.69, 9.17) is 0 Å². The molecule has 0 radical (unpaired) electrons. The molecule has 5 rings (SSSR count). The Kier molecular flexibility index (Phi) is 6.65. The topological polar surface area (TPSA) is 115 Å². The zero-order valence-corrected chi connectivity index (χ0v) is 19.7. The van der Waals surface area contributed by atoms with Crippen molar-refractivity contribution < 1.29 is 27.9 Å². The number of carbonyl (C=O) groups excluding carboxylic acids is 3. The molecule has 2 amide bonds. The lowest BCUT2D eigenvalue weighted by Crippen LogP contribution is -2.51. The Morgan fingerprint density at radius 2 is 2.08 bits per heavy atom. The van der Waals surface area contributed by atoms with Crippen molar-refractivity contribution in [2.24, 2.45) is 17.8 Å². The Morgan fingerprint density at radius 1 is 1.25 bits per heavy atom.